The second-order valence-electron chi connectivity index (χ2n) is 5.42. The Morgan fingerprint density at radius 2 is 2.04 bits per heavy atom. The van der Waals surface area contributed by atoms with Gasteiger partial charge in [-0.1, -0.05) is 19.1 Å². The van der Waals surface area contributed by atoms with E-state index < -0.39 is 0 Å². The number of guanidine groups is 1. The van der Waals surface area contributed by atoms with Crippen molar-refractivity contribution in [3.05, 3.63) is 35.1 Å². The standard InChI is InChI=1S/C17H27FN4O/c1-5-9-20-16(23)11-21-17(19-6-2)22-13(4)14-8-7-12(3)15(18)10-14/h7-8,10,13H,5-6,9,11H2,1-4H3,(H,20,23)(H2,19,21,22). The number of aliphatic imine (C=N–C) groups is 1. The van der Waals surface area contributed by atoms with Crippen molar-refractivity contribution in [2.45, 2.75) is 40.2 Å². The Hall–Kier alpha value is -2.11. The molecule has 1 rings (SSSR count). The van der Waals surface area contributed by atoms with E-state index in [0.717, 1.165) is 12.0 Å². The van der Waals surface area contributed by atoms with Crippen molar-refractivity contribution in [2.24, 2.45) is 4.99 Å². The van der Waals surface area contributed by atoms with Crippen LogP contribution in [0.5, 0.6) is 0 Å². The number of carbonyl (C=O) groups excluding carboxylic acids is 1. The third kappa shape index (κ3) is 6.67. The third-order valence-electron chi connectivity index (χ3n) is 3.35. The summed E-state index contributed by atoms with van der Waals surface area (Å²) >= 11 is 0. The SMILES string of the molecule is CCCNC(=O)CN=C(NCC)NC(C)c1ccc(C)c(F)c1. The van der Waals surface area contributed by atoms with Gasteiger partial charge in [0.1, 0.15) is 12.4 Å². The molecule has 23 heavy (non-hydrogen) atoms. The van der Waals surface area contributed by atoms with E-state index in [2.05, 4.69) is 20.9 Å². The molecule has 3 N–H and O–H groups in total. The van der Waals surface area contributed by atoms with Crippen molar-refractivity contribution in [1.82, 2.24) is 16.0 Å². The van der Waals surface area contributed by atoms with Gasteiger partial charge in [-0.2, -0.15) is 0 Å². The van der Waals surface area contributed by atoms with Gasteiger partial charge in [-0.15, -0.1) is 0 Å². The molecule has 6 heteroatoms. The molecule has 1 amide bonds. The largest absolute Gasteiger partial charge is 0.357 e. The molecule has 0 aliphatic carbocycles. The lowest BCUT2D eigenvalue weighted by Crippen LogP contribution is -2.39. The molecule has 0 spiro atoms. The molecule has 0 aliphatic heterocycles. The predicted molar refractivity (Wildman–Crippen MR) is 92.0 cm³/mol. The van der Waals surface area contributed by atoms with Crippen LogP contribution in [0.2, 0.25) is 0 Å². The monoisotopic (exact) mass is 322 g/mol. The van der Waals surface area contributed by atoms with Crippen molar-refractivity contribution in [3.63, 3.8) is 0 Å². The van der Waals surface area contributed by atoms with E-state index in [1.807, 2.05) is 26.8 Å². The van der Waals surface area contributed by atoms with Crippen molar-refractivity contribution in [1.29, 1.82) is 0 Å². The van der Waals surface area contributed by atoms with E-state index >= 15 is 0 Å². The van der Waals surface area contributed by atoms with E-state index in [4.69, 9.17) is 0 Å². The summed E-state index contributed by atoms with van der Waals surface area (Å²) in [5, 5.41) is 9.05. The zero-order valence-corrected chi connectivity index (χ0v) is 14.4. The molecule has 0 bridgehead atoms. The summed E-state index contributed by atoms with van der Waals surface area (Å²) in [4.78, 5) is 15.9. The quantitative estimate of drug-likeness (QED) is 0.533. The van der Waals surface area contributed by atoms with Crippen LogP contribution in [-0.4, -0.2) is 31.5 Å². The highest BCUT2D eigenvalue weighted by Crippen LogP contribution is 2.16. The first-order valence-electron chi connectivity index (χ1n) is 8.05. The number of halogens is 1. The topological polar surface area (TPSA) is 65.5 Å². The first-order valence-corrected chi connectivity index (χ1v) is 8.05. The van der Waals surface area contributed by atoms with Crippen LogP contribution in [0, 0.1) is 12.7 Å². The molecule has 0 saturated carbocycles. The Bertz CT molecular complexity index is 545. The van der Waals surface area contributed by atoms with E-state index in [1.54, 1.807) is 13.0 Å². The van der Waals surface area contributed by atoms with Crippen LogP contribution in [0.3, 0.4) is 0 Å². The van der Waals surface area contributed by atoms with E-state index in [1.165, 1.54) is 6.07 Å². The van der Waals surface area contributed by atoms with Gasteiger partial charge in [0.15, 0.2) is 5.96 Å². The van der Waals surface area contributed by atoms with Gasteiger partial charge in [0.2, 0.25) is 5.91 Å². The summed E-state index contributed by atoms with van der Waals surface area (Å²) in [7, 11) is 0. The van der Waals surface area contributed by atoms with E-state index in [0.29, 0.717) is 24.6 Å². The van der Waals surface area contributed by atoms with Crippen molar-refractivity contribution in [2.75, 3.05) is 19.6 Å². The molecule has 1 aromatic rings. The van der Waals surface area contributed by atoms with Crippen LogP contribution in [0.25, 0.3) is 0 Å². The Balaban J connectivity index is 2.69. The lowest BCUT2D eigenvalue weighted by atomic mass is 10.1. The normalized spacial score (nSPS) is 12.7. The summed E-state index contributed by atoms with van der Waals surface area (Å²) in [6.45, 7) is 8.99. The molecular formula is C17H27FN4O. The molecule has 0 aliphatic rings. The molecule has 1 atom stereocenters. The number of benzene rings is 1. The summed E-state index contributed by atoms with van der Waals surface area (Å²) in [5.74, 6) is 0.197. The number of hydrogen-bond acceptors (Lipinski definition) is 2. The van der Waals surface area contributed by atoms with Gasteiger partial charge < -0.3 is 16.0 Å². The number of rotatable bonds is 7. The minimum atomic E-state index is -0.225. The maximum absolute atomic E-state index is 13.7. The zero-order valence-electron chi connectivity index (χ0n) is 14.4. The number of nitrogens with zero attached hydrogens (tertiary/aromatic N) is 1. The molecule has 0 fully saturated rings. The van der Waals surface area contributed by atoms with Gasteiger partial charge >= 0.3 is 0 Å². The van der Waals surface area contributed by atoms with Gasteiger partial charge in [-0.05, 0) is 44.4 Å². The number of carbonyl (C=O) groups is 1. The Labute approximate surface area is 137 Å². The fourth-order valence-electron chi connectivity index (χ4n) is 1.96. The third-order valence-corrected chi connectivity index (χ3v) is 3.35. The van der Waals surface area contributed by atoms with E-state index in [-0.39, 0.29) is 24.3 Å². The molecule has 1 aromatic carbocycles. The lowest BCUT2D eigenvalue weighted by Gasteiger charge is -2.18. The first-order chi connectivity index (χ1) is 11.0. The molecule has 0 radical (unpaired) electrons. The summed E-state index contributed by atoms with van der Waals surface area (Å²) in [6, 6.07) is 5.03. The zero-order chi connectivity index (χ0) is 17.2. The highest BCUT2D eigenvalue weighted by Gasteiger charge is 2.10. The molecule has 128 valence electrons. The summed E-state index contributed by atoms with van der Waals surface area (Å²) in [6.07, 6.45) is 0.893. The van der Waals surface area contributed by atoms with Gasteiger partial charge in [0.05, 0.1) is 6.04 Å². The summed E-state index contributed by atoms with van der Waals surface area (Å²) in [5.41, 5.74) is 1.45. The number of aryl methyl sites for hydroxylation is 1. The smallest absolute Gasteiger partial charge is 0.241 e. The first kappa shape index (κ1) is 18.9. The van der Waals surface area contributed by atoms with Crippen LogP contribution in [-0.2, 0) is 4.79 Å². The minimum absolute atomic E-state index is 0.0598. The highest BCUT2D eigenvalue weighted by atomic mass is 19.1. The minimum Gasteiger partial charge on any atom is -0.357 e. The molecule has 0 aromatic heterocycles. The van der Waals surface area contributed by atoms with E-state index in [9.17, 15) is 9.18 Å². The molecule has 0 saturated heterocycles. The maximum atomic E-state index is 13.7. The second-order valence-corrected chi connectivity index (χ2v) is 5.42. The van der Waals surface area contributed by atoms with Gasteiger partial charge in [-0.3, -0.25) is 4.79 Å². The average molecular weight is 322 g/mol. The molecular weight excluding hydrogens is 295 g/mol. The van der Waals surface area contributed by atoms with Crippen LogP contribution < -0.4 is 16.0 Å². The number of hydrogen-bond donors (Lipinski definition) is 3. The number of nitrogens with one attached hydrogen (secondary N) is 3. The predicted octanol–water partition coefficient (Wildman–Crippen LogP) is 2.28. The lowest BCUT2D eigenvalue weighted by molar-refractivity contribution is -0.119. The Morgan fingerprint density at radius 1 is 1.30 bits per heavy atom. The number of amides is 1. The van der Waals surface area contributed by atoms with Crippen LogP contribution >= 0.6 is 0 Å². The van der Waals surface area contributed by atoms with Crippen LogP contribution in [0.15, 0.2) is 23.2 Å². The van der Waals surface area contributed by atoms with Crippen LogP contribution in [0.1, 0.15) is 44.4 Å². The van der Waals surface area contributed by atoms with Crippen molar-refractivity contribution in [3.8, 4) is 0 Å². The molecule has 5 nitrogen and oxygen atoms in total. The van der Waals surface area contributed by atoms with Crippen molar-refractivity contribution < 1.29 is 9.18 Å². The average Bonchev–Trinajstić information content (AvgIpc) is 2.53. The fourth-order valence-corrected chi connectivity index (χ4v) is 1.96. The van der Waals surface area contributed by atoms with Gasteiger partial charge in [0.25, 0.3) is 0 Å². The Morgan fingerprint density at radius 3 is 2.65 bits per heavy atom. The second kappa shape index (κ2) is 9.82. The Kier molecular flexibility index (Phi) is 8.08. The van der Waals surface area contributed by atoms with Crippen LogP contribution in [0.4, 0.5) is 4.39 Å². The fraction of sp³-hybridized carbons (Fsp3) is 0.529. The maximum Gasteiger partial charge on any atom is 0.241 e. The molecule has 0 heterocycles. The molecule has 1 unspecified atom stereocenters. The van der Waals surface area contributed by atoms with Gasteiger partial charge in [-0.25, -0.2) is 9.38 Å². The highest BCUT2D eigenvalue weighted by molar-refractivity contribution is 5.85. The van der Waals surface area contributed by atoms with Crippen molar-refractivity contribution >= 4 is 11.9 Å². The van der Waals surface area contributed by atoms with Gasteiger partial charge in [0, 0.05) is 13.1 Å². The summed E-state index contributed by atoms with van der Waals surface area (Å²) < 4.78 is 13.7.